The minimum Gasteiger partial charge on any atom is -0.497 e. The largest absolute Gasteiger partial charge is 0.497 e. The first-order chi connectivity index (χ1) is 21.4. The second-order valence-corrected chi connectivity index (χ2v) is 10.4. The molecule has 10 nitrogen and oxygen atoms in total. The number of nitro groups is 1. The molecule has 3 aromatic carbocycles. The normalized spacial score (nSPS) is 13.7. The molecule has 10 heteroatoms. The number of fused-ring (bicyclic) bond motifs is 3. The third-order valence-corrected chi connectivity index (χ3v) is 7.66. The van der Waals surface area contributed by atoms with Gasteiger partial charge in [0.15, 0.2) is 0 Å². The van der Waals surface area contributed by atoms with Crippen molar-refractivity contribution in [3.63, 3.8) is 0 Å². The average molecular weight is 595 g/mol. The van der Waals surface area contributed by atoms with Crippen LogP contribution in [0.1, 0.15) is 42.6 Å². The Morgan fingerprint density at radius 3 is 2.41 bits per heavy atom. The molecule has 1 atom stereocenters. The van der Waals surface area contributed by atoms with Crippen LogP contribution in [-0.4, -0.2) is 53.5 Å². The van der Waals surface area contributed by atoms with E-state index in [4.69, 9.17) is 9.47 Å². The smallest absolute Gasteiger partial charge is 0.269 e. The average Bonchev–Trinajstić information content (AvgIpc) is 3.55. The fraction of sp³-hybridized carbons (Fsp3) is 0.235. The van der Waals surface area contributed by atoms with Gasteiger partial charge in [-0.25, -0.2) is 0 Å². The van der Waals surface area contributed by atoms with E-state index in [1.165, 1.54) is 18.2 Å². The van der Waals surface area contributed by atoms with Crippen LogP contribution in [-0.2, 0) is 9.59 Å². The number of benzene rings is 3. The van der Waals surface area contributed by atoms with Gasteiger partial charge < -0.3 is 18.9 Å². The molecule has 1 aliphatic heterocycles. The van der Waals surface area contributed by atoms with Crippen LogP contribution in [0.4, 0.5) is 11.4 Å². The number of anilines is 1. The van der Waals surface area contributed by atoms with E-state index >= 15 is 0 Å². The number of methoxy groups -OCH3 is 2. The number of rotatable bonds is 11. The molecule has 0 fully saturated rings. The molecule has 0 N–H and O–H groups in total. The molecule has 1 unspecified atom stereocenters. The molecular formula is C34H34N4O6. The minimum atomic E-state index is -0.559. The molecule has 44 heavy (non-hydrogen) atoms. The fourth-order valence-electron chi connectivity index (χ4n) is 5.44. The number of hydrogen-bond acceptors (Lipinski definition) is 6. The Morgan fingerprint density at radius 2 is 1.73 bits per heavy atom. The lowest BCUT2D eigenvalue weighted by Gasteiger charge is -2.40. The van der Waals surface area contributed by atoms with Gasteiger partial charge >= 0.3 is 0 Å². The Labute approximate surface area is 255 Å². The zero-order valence-corrected chi connectivity index (χ0v) is 24.9. The molecule has 0 spiro atoms. The predicted octanol–water partition coefficient (Wildman–Crippen LogP) is 6.18. The summed E-state index contributed by atoms with van der Waals surface area (Å²) in [5.41, 5.74) is 3.79. The van der Waals surface area contributed by atoms with Crippen LogP contribution in [0.25, 0.3) is 11.8 Å². The van der Waals surface area contributed by atoms with Crippen LogP contribution in [0.2, 0.25) is 0 Å². The van der Waals surface area contributed by atoms with Gasteiger partial charge in [0, 0.05) is 36.5 Å². The standard InChI is InChI=1S/C34H34N4O6/c1-4-5-20-35(32(39)19-14-24-12-15-25(16-13-24)38(41)42)23-33(40)37-29-10-7-6-9-28(29)36-21-8-11-30(36)34(37)27-22-26(43-2)17-18-31(27)44-3/h6-19,21-22,34H,4-5,20,23H2,1-3H3/b19-14+. The molecule has 2 heterocycles. The summed E-state index contributed by atoms with van der Waals surface area (Å²) in [6, 6.07) is 22.5. The van der Waals surface area contributed by atoms with Crippen LogP contribution in [0.5, 0.6) is 11.5 Å². The maximum Gasteiger partial charge on any atom is 0.269 e. The Hall–Kier alpha value is -5.38. The van der Waals surface area contributed by atoms with Crippen molar-refractivity contribution < 1.29 is 24.0 Å². The number of unbranched alkanes of at least 4 members (excludes halogenated alkanes) is 1. The molecular weight excluding hydrogens is 560 g/mol. The highest BCUT2D eigenvalue weighted by atomic mass is 16.6. The summed E-state index contributed by atoms with van der Waals surface area (Å²) in [6.45, 7) is 2.27. The van der Waals surface area contributed by atoms with Crippen molar-refractivity contribution in [1.29, 1.82) is 0 Å². The highest BCUT2D eigenvalue weighted by molar-refractivity contribution is 6.02. The summed E-state index contributed by atoms with van der Waals surface area (Å²) in [5, 5.41) is 11.0. The number of nitro benzene ring substituents is 1. The molecule has 1 aliphatic rings. The van der Waals surface area contributed by atoms with E-state index in [0.717, 1.165) is 29.8 Å². The number of nitrogens with zero attached hydrogens (tertiary/aromatic N) is 4. The van der Waals surface area contributed by atoms with Gasteiger partial charge in [-0.15, -0.1) is 0 Å². The van der Waals surface area contributed by atoms with Crippen molar-refractivity contribution in [2.24, 2.45) is 0 Å². The van der Waals surface area contributed by atoms with E-state index in [1.807, 2.05) is 67.7 Å². The van der Waals surface area contributed by atoms with Gasteiger partial charge in [0.2, 0.25) is 11.8 Å². The predicted molar refractivity (Wildman–Crippen MR) is 168 cm³/mol. The molecule has 0 saturated heterocycles. The molecule has 5 rings (SSSR count). The third kappa shape index (κ3) is 6.05. The quantitative estimate of drug-likeness (QED) is 0.117. The van der Waals surface area contributed by atoms with Gasteiger partial charge in [-0.2, -0.15) is 0 Å². The van der Waals surface area contributed by atoms with E-state index < -0.39 is 11.0 Å². The summed E-state index contributed by atoms with van der Waals surface area (Å²) in [6.07, 6.45) is 6.53. The first kappa shape index (κ1) is 30.1. The van der Waals surface area contributed by atoms with Crippen molar-refractivity contribution in [3.05, 3.63) is 118 Å². The topological polar surface area (TPSA) is 107 Å². The maximum absolute atomic E-state index is 14.4. The van der Waals surface area contributed by atoms with Crippen molar-refractivity contribution in [2.75, 3.05) is 32.2 Å². The van der Waals surface area contributed by atoms with Crippen molar-refractivity contribution >= 4 is 29.3 Å². The number of aromatic nitrogens is 1. The van der Waals surface area contributed by atoms with Crippen LogP contribution < -0.4 is 14.4 Å². The van der Waals surface area contributed by atoms with Crippen LogP contribution in [0, 0.1) is 10.1 Å². The van der Waals surface area contributed by atoms with E-state index in [-0.39, 0.29) is 24.0 Å². The third-order valence-electron chi connectivity index (χ3n) is 7.66. The minimum absolute atomic E-state index is 0.0289. The van der Waals surface area contributed by atoms with E-state index in [1.54, 1.807) is 42.2 Å². The monoisotopic (exact) mass is 594 g/mol. The number of non-ortho nitro benzene ring substituents is 1. The van der Waals surface area contributed by atoms with Crippen LogP contribution in [0.3, 0.4) is 0 Å². The van der Waals surface area contributed by atoms with Gasteiger partial charge in [0.05, 0.1) is 36.2 Å². The number of carbonyl (C=O) groups excluding carboxylic acids is 2. The fourth-order valence-corrected chi connectivity index (χ4v) is 5.44. The first-order valence-corrected chi connectivity index (χ1v) is 14.4. The second-order valence-electron chi connectivity index (χ2n) is 10.4. The number of carbonyl (C=O) groups is 2. The van der Waals surface area contributed by atoms with Crippen LogP contribution in [0.15, 0.2) is 91.1 Å². The molecule has 4 aromatic rings. The molecule has 0 aliphatic carbocycles. The van der Waals surface area contributed by atoms with Crippen molar-refractivity contribution in [3.8, 4) is 17.2 Å². The van der Waals surface area contributed by atoms with Gasteiger partial charge in [-0.05, 0) is 72.7 Å². The number of amides is 2. The van der Waals surface area contributed by atoms with Gasteiger partial charge in [0.1, 0.15) is 24.1 Å². The van der Waals surface area contributed by atoms with E-state index in [0.29, 0.717) is 29.3 Å². The van der Waals surface area contributed by atoms with Gasteiger partial charge in [-0.1, -0.05) is 25.5 Å². The Balaban J connectivity index is 1.51. The van der Waals surface area contributed by atoms with Crippen molar-refractivity contribution in [1.82, 2.24) is 9.47 Å². The molecule has 1 aromatic heterocycles. The summed E-state index contributed by atoms with van der Waals surface area (Å²) in [7, 11) is 3.19. The SMILES string of the molecule is CCCCN(CC(=O)N1c2ccccc2-n2cccc2C1c1cc(OC)ccc1OC)C(=O)/C=C/c1ccc([N+](=O)[O-])cc1. The van der Waals surface area contributed by atoms with E-state index in [9.17, 15) is 19.7 Å². The lowest BCUT2D eigenvalue weighted by molar-refractivity contribution is -0.384. The lowest BCUT2D eigenvalue weighted by atomic mass is 9.96. The highest BCUT2D eigenvalue weighted by Gasteiger charge is 2.38. The Kier molecular flexibility index (Phi) is 9.09. The number of ether oxygens (including phenoxy) is 2. The van der Waals surface area contributed by atoms with Gasteiger partial charge in [0.25, 0.3) is 5.69 Å². The summed E-state index contributed by atoms with van der Waals surface area (Å²) in [4.78, 5) is 41.7. The maximum atomic E-state index is 14.4. The molecule has 0 bridgehead atoms. The van der Waals surface area contributed by atoms with Crippen LogP contribution >= 0.6 is 0 Å². The molecule has 2 amide bonds. The molecule has 0 radical (unpaired) electrons. The summed E-state index contributed by atoms with van der Waals surface area (Å²) in [5.74, 6) is 0.647. The second kappa shape index (κ2) is 13.3. The number of hydrogen-bond donors (Lipinski definition) is 0. The zero-order valence-electron chi connectivity index (χ0n) is 24.9. The molecule has 226 valence electrons. The molecule has 0 saturated carbocycles. The Morgan fingerprint density at radius 1 is 0.977 bits per heavy atom. The zero-order chi connectivity index (χ0) is 31.2. The number of para-hydroxylation sites is 2. The van der Waals surface area contributed by atoms with Crippen molar-refractivity contribution in [2.45, 2.75) is 25.8 Å². The summed E-state index contributed by atoms with van der Waals surface area (Å²) >= 11 is 0. The highest BCUT2D eigenvalue weighted by Crippen LogP contribution is 2.45. The van der Waals surface area contributed by atoms with E-state index in [2.05, 4.69) is 4.57 Å². The Bertz CT molecular complexity index is 1690. The summed E-state index contributed by atoms with van der Waals surface area (Å²) < 4.78 is 13.4. The van der Waals surface area contributed by atoms with Gasteiger partial charge in [-0.3, -0.25) is 24.6 Å². The first-order valence-electron chi connectivity index (χ1n) is 14.4. The lowest BCUT2D eigenvalue weighted by Crippen LogP contribution is -2.46.